The number of rotatable bonds is 5. The van der Waals surface area contributed by atoms with Gasteiger partial charge in [-0.05, 0) is 49.1 Å². The van der Waals surface area contributed by atoms with Crippen molar-refractivity contribution >= 4 is 33.1 Å². The minimum absolute atomic E-state index is 0.0548. The van der Waals surface area contributed by atoms with Gasteiger partial charge in [0.15, 0.2) is 0 Å². The molecule has 1 N–H and O–H groups in total. The highest BCUT2D eigenvalue weighted by Gasteiger charge is 2.19. The molecule has 0 bridgehead atoms. The minimum Gasteiger partial charge on any atom is -0.495 e. The summed E-state index contributed by atoms with van der Waals surface area (Å²) in [5.41, 5.74) is 1.01. The van der Waals surface area contributed by atoms with Gasteiger partial charge in [-0.25, -0.2) is 13.4 Å². The third-order valence-corrected chi connectivity index (χ3v) is 6.22. The summed E-state index contributed by atoms with van der Waals surface area (Å²) < 4.78 is 32.6. The first-order chi connectivity index (χ1) is 12.4. The summed E-state index contributed by atoms with van der Waals surface area (Å²) in [5, 5.41) is 0.234. The zero-order valence-corrected chi connectivity index (χ0v) is 16.3. The van der Waals surface area contributed by atoms with Crippen molar-refractivity contribution < 1.29 is 13.2 Å². The van der Waals surface area contributed by atoms with Crippen molar-refractivity contribution in [3.63, 3.8) is 0 Å². The Kier molecular flexibility index (Phi) is 5.58. The summed E-state index contributed by atoms with van der Waals surface area (Å²) in [6, 6.07) is 7.88. The van der Waals surface area contributed by atoms with E-state index in [9.17, 15) is 8.42 Å². The van der Waals surface area contributed by atoms with Crippen molar-refractivity contribution in [3.05, 3.63) is 41.6 Å². The Labute approximate surface area is 159 Å². The molecule has 1 aromatic heterocycles. The van der Waals surface area contributed by atoms with Crippen LogP contribution in [-0.2, 0) is 10.0 Å². The van der Waals surface area contributed by atoms with Gasteiger partial charge in [0.05, 0.1) is 28.9 Å². The number of sulfonamides is 1. The lowest BCUT2D eigenvalue weighted by Crippen LogP contribution is -2.32. The van der Waals surface area contributed by atoms with Gasteiger partial charge in [-0.3, -0.25) is 4.72 Å². The van der Waals surface area contributed by atoms with E-state index in [1.54, 1.807) is 12.3 Å². The summed E-state index contributed by atoms with van der Waals surface area (Å²) in [6.45, 7) is 4.26. The Balaban J connectivity index is 1.72. The normalized spacial score (nSPS) is 15.7. The number of nitrogens with one attached hydrogen (secondary N) is 1. The van der Waals surface area contributed by atoms with Crippen molar-refractivity contribution in [2.45, 2.75) is 24.7 Å². The second kappa shape index (κ2) is 7.72. The summed E-state index contributed by atoms with van der Waals surface area (Å²) >= 11 is 6.02. The molecule has 8 heteroatoms. The van der Waals surface area contributed by atoms with Crippen molar-refractivity contribution in [1.29, 1.82) is 0 Å². The minimum atomic E-state index is -3.77. The maximum Gasteiger partial charge on any atom is 0.263 e. The third kappa shape index (κ3) is 4.22. The summed E-state index contributed by atoms with van der Waals surface area (Å²) in [4.78, 5) is 6.58. The van der Waals surface area contributed by atoms with Crippen LogP contribution in [0.2, 0.25) is 5.02 Å². The van der Waals surface area contributed by atoms with Crippen LogP contribution in [0.5, 0.6) is 5.75 Å². The molecule has 1 aliphatic heterocycles. The van der Waals surface area contributed by atoms with Crippen molar-refractivity contribution in [2.75, 3.05) is 29.8 Å². The van der Waals surface area contributed by atoms with Crippen molar-refractivity contribution in [2.24, 2.45) is 5.92 Å². The number of benzene rings is 1. The molecule has 0 atom stereocenters. The quantitative estimate of drug-likeness (QED) is 0.834. The molecule has 1 saturated heterocycles. The molecule has 2 aromatic rings. The predicted octanol–water partition coefficient (Wildman–Crippen LogP) is 3.78. The van der Waals surface area contributed by atoms with Crippen LogP contribution in [0.3, 0.4) is 0 Å². The number of piperidine rings is 1. The Hall–Kier alpha value is -1.99. The molecule has 1 aromatic carbocycles. The fourth-order valence-corrected chi connectivity index (χ4v) is 4.27. The van der Waals surface area contributed by atoms with Crippen LogP contribution in [0.25, 0.3) is 0 Å². The first kappa shape index (κ1) is 18.8. The van der Waals surface area contributed by atoms with Gasteiger partial charge in [0.25, 0.3) is 10.0 Å². The van der Waals surface area contributed by atoms with Gasteiger partial charge in [-0.2, -0.15) is 0 Å². The van der Waals surface area contributed by atoms with Gasteiger partial charge in [-0.1, -0.05) is 18.5 Å². The fourth-order valence-electron chi connectivity index (χ4n) is 2.91. The van der Waals surface area contributed by atoms with Crippen LogP contribution in [0, 0.1) is 5.92 Å². The van der Waals surface area contributed by atoms with Crippen LogP contribution in [0.1, 0.15) is 19.8 Å². The topological polar surface area (TPSA) is 71.5 Å². The van der Waals surface area contributed by atoms with Gasteiger partial charge in [0.2, 0.25) is 0 Å². The van der Waals surface area contributed by atoms with Crippen LogP contribution in [-0.4, -0.2) is 33.6 Å². The lowest BCUT2D eigenvalue weighted by Gasteiger charge is -2.31. The second-order valence-corrected chi connectivity index (χ2v) is 8.56. The molecule has 0 radical (unpaired) electrons. The number of hydrogen-bond donors (Lipinski definition) is 1. The molecular weight excluding hydrogens is 374 g/mol. The summed E-state index contributed by atoms with van der Waals surface area (Å²) in [5.74, 6) is 1.44. The van der Waals surface area contributed by atoms with Crippen LogP contribution in [0.15, 0.2) is 41.4 Å². The monoisotopic (exact) mass is 395 g/mol. The van der Waals surface area contributed by atoms with Crippen LogP contribution in [0.4, 0.5) is 11.5 Å². The Morgan fingerprint density at radius 3 is 2.54 bits per heavy atom. The largest absolute Gasteiger partial charge is 0.495 e. The molecule has 0 amide bonds. The van der Waals surface area contributed by atoms with Gasteiger partial charge >= 0.3 is 0 Å². The highest BCUT2D eigenvalue weighted by Crippen LogP contribution is 2.28. The number of anilines is 2. The average Bonchev–Trinajstić information content (AvgIpc) is 2.63. The SMILES string of the molecule is COc1ccc(S(=O)(=O)Nc2ccc(N3CCC(C)CC3)cn2)cc1Cl. The smallest absolute Gasteiger partial charge is 0.263 e. The Morgan fingerprint density at radius 1 is 1.23 bits per heavy atom. The van der Waals surface area contributed by atoms with Crippen LogP contribution < -0.4 is 14.4 Å². The number of methoxy groups -OCH3 is 1. The summed E-state index contributed by atoms with van der Waals surface area (Å²) in [7, 11) is -2.30. The second-order valence-electron chi connectivity index (χ2n) is 6.47. The molecule has 0 unspecified atom stereocenters. The van der Waals surface area contributed by atoms with Gasteiger partial charge in [0.1, 0.15) is 11.6 Å². The van der Waals surface area contributed by atoms with E-state index in [4.69, 9.17) is 16.3 Å². The lowest BCUT2D eigenvalue weighted by atomic mass is 9.99. The zero-order valence-electron chi connectivity index (χ0n) is 14.8. The number of aromatic nitrogens is 1. The van der Waals surface area contributed by atoms with Gasteiger partial charge in [-0.15, -0.1) is 0 Å². The van der Waals surface area contributed by atoms with E-state index < -0.39 is 10.0 Å². The number of hydrogen-bond acceptors (Lipinski definition) is 5. The Morgan fingerprint density at radius 2 is 1.96 bits per heavy atom. The van der Waals surface area contributed by atoms with Crippen molar-refractivity contribution in [3.8, 4) is 5.75 Å². The fraction of sp³-hybridized carbons (Fsp3) is 0.389. The Bertz CT molecular complexity index is 864. The molecule has 26 heavy (non-hydrogen) atoms. The molecule has 0 saturated carbocycles. The molecule has 6 nitrogen and oxygen atoms in total. The first-order valence-electron chi connectivity index (χ1n) is 8.46. The maximum absolute atomic E-state index is 12.5. The van der Waals surface area contributed by atoms with E-state index in [0.29, 0.717) is 5.75 Å². The highest BCUT2D eigenvalue weighted by molar-refractivity contribution is 7.92. The van der Waals surface area contributed by atoms with E-state index in [2.05, 4.69) is 21.5 Å². The van der Waals surface area contributed by atoms with E-state index in [1.165, 1.54) is 25.3 Å². The lowest BCUT2D eigenvalue weighted by molar-refractivity contribution is 0.414. The molecule has 140 valence electrons. The number of halogens is 1. The molecular formula is C18H22ClN3O3S. The standard InChI is InChI=1S/C18H22ClN3O3S/c1-13-7-9-22(10-8-13)14-3-6-18(20-12-14)21-26(23,24)15-4-5-17(25-2)16(19)11-15/h3-6,11-13H,7-10H2,1-2H3,(H,20,21). The van der Waals surface area contributed by atoms with Gasteiger partial charge < -0.3 is 9.64 Å². The predicted molar refractivity (Wildman–Crippen MR) is 104 cm³/mol. The molecule has 0 aliphatic carbocycles. The number of ether oxygens (including phenoxy) is 1. The first-order valence-corrected chi connectivity index (χ1v) is 10.3. The molecule has 1 fully saturated rings. The van der Waals surface area contributed by atoms with E-state index in [-0.39, 0.29) is 15.7 Å². The third-order valence-electron chi connectivity index (χ3n) is 4.57. The summed E-state index contributed by atoms with van der Waals surface area (Å²) in [6.07, 6.45) is 4.02. The number of nitrogens with zero attached hydrogens (tertiary/aromatic N) is 2. The van der Waals surface area contributed by atoms with Crippen LogP contribution >= 0.6 is 11.6 Å². The molecule has 0 spiro atoms. The van der Waals surface area contributed by atoms with E-state index in [0.717, 1.165) is 37.5 Å². The highest BCUT2D eigenvalue weighted by atomic mass is 35.5. The van der Waals surface area contributed by atoms with Gasteiger partial charge in [0, 0.05) is 13.1 Å². The van der Waals surface area contributed by atoms with E-state index >= 15 is 0 Å². The average molecular weight is 396 g/mol. The van der Waals surface area contributed by atoms with Crippen molar-refractivity contribution in [1.82, 2.24) is 4.98 Å². The molecule has 3 rings (SSSR count). The van der Waals surface area contributed by atoms with E-state index in [1.807, 2.05) is 6.07 Å². The number of pyridine rings is 1. The molecule has 2 heterocycles. The molecule has 1 aliphatic rings. The maximum atomic E-state index is 12.5. The zero-order chi connectivity index (χ0) is 18.7.